The fourth-order valence-corrected chi connectivity index (χ4v) is 0.266. The summed E-state index contributed by atoms with van der Waals surface area (Å²) in [5.41, 5.74) is 0. The van der Waals surface area contributed by atoms with Gasteiger partial charge in [0.05, 0.1) is 0 Å². The number of nitrogens with one attached hydrogen (secondary N) is 1. The molecule has 0 aromatic rings. The topological polar surface area (TPSA) is 49.0 Å². The molecule has 0 heterocycles. The Bertz CT molecular complexity index is 131. The Morgan fingerprint density at radius 3 is 2.00 bits per heavy atom. The van der Waals surface area contributed by atoms with Gasteiger partial charge in [-0.15, -0.1) is 0 Å². The van der Waals surface area contributed by atoms with Crippen LogP contribution in [0.3, 0.4) is 0 Å². The molecule has 0 spiro atoms. The van der Waals surface area contributed by atoms with Gasteiger partial charge in [-0.3, -0.25) is 4.79 Å². The Morgan fingerprint density at radius 2 is 1.90 bits per heavy atom. The van der Waals surface area contributed by atoms with Crippen LogP contribution in [-0.2, 0) is 9.90 Å². The van der Waals surface area contributed by atoms with Crippen molar-refractivity contribution in [1.82, 2.24) is 5.32 Å². The Labute approximate surface area is 54.8 Å². The molecule has 1 amide bonds. The van der Waals surface area contributed by atoms with E-state index in [2.05, 4.69) is 0 Å². The molecule has 6 heteroatoms. The highest BCUT2D eigenvalue weighted by Crippen LogP contribution is 2.13. The zero-order chi connectivity index (χ0) is 8.36. The average Bonchev–Trinajstić information content (AvgIpc) is 1.60. The van der Waals surface area contributed by atoms with Crippen molar-refractivity contribution in [2.24, 2.45) is 0 Å². The molecule has 0 rings (SSSR count). The van der Waals surface area contributed by atoms with Gasteiger partial charge in [0.2, 0.25) is 0 Å². The molecule has 10 heavy (non-hydrogen) atoms. The van der Waals surface area contributed by atoms with Gasteiger partial charge in [0, 0.05) is 0 Å². The third-order valence-electron chi connectivity index (χ3n) is 0.592. The van der Waals surface area contributed by atoms with Crippen molar-refractivity contribution in [3.05, 3.63) is 0 Å². The monoisotopic (exact) mass is 156 g/mol. The van der Waals surface area contributed by atoms with Crippen molar-refractivity contribution in [2.75, 3.05) is 0 Å². The fraction of sp³-hybridized carbons (Fsp3) is 0.750. The summed E-state index contributed by atoms with van der Waals surface area (Å²) in [4.78, 5) is 9.84. The maximum atomic E-state index is 11.3. The maximum Gasteiger partial charge on any atom is 0.471 e. The Morgan fingerprint density at radius 1 is 1.50 bits per heavy atom. The highest BCUT2D eigenvalue weighted by molar-refractivity contribution is 5.81. The normalized spacial score (nSPS) is 14.5. The zero-order valence-electron chi connectivity index (χ0n) is 5.03. The minimum Gasteiger partial charge on any atom is -0.320 e. The van der Waals surface area contributed by atoms with Crippen molar-refractivity contribution in [2.45, 2.75) is 19.3 Å². The number of carbonyl (C=O) groups is 1. The van der Waals surface area contributed by atoms with E-state index >= 15 is 0 Å². The summed E-state index contributed by atoms with van der Waals surface area (Å²) >= 11 is 0. The molecule has 1 N–H and O–H groups in total. The summed E-state index contributed by atoms with van der Waals surface area (Å²) in [7, 11) is 0. The lowest BCUT2D eigenvalue weighted by Gasteiger charge is -2.07. The molecule has 0 fully saturated rings. The number of rotatable bonds is 1. The molecule has 0 bridgehead atoms. The number of amides is 1. The van der Waals surface area contributed by atoms with E-state index in [0.717, 1.165) is 12.2 Å². The first-order chi connectivity index (χ1) is 4.34. The molecule has 59 valence electrons. The second-order valence-corrected chi connectivity index (χ2v) is 1.61. The second-order valence-electron chi connectivity index (χ2n) is 1.61. The first kappa shape index (κ1) is 9.22. The van der Waals surface area contributed by atoms with Crippen molar-refractivity contribution >= 4 is 5.91 Å². The summed E-state index contributed by atoms with van der Waals surface area (Å²) in [5.74, 6) is -2.20. The standard InChI is InChI=1S/C4H5F3NO2/c1-2(9)8-3(10)4(5,6)7/h2H,1H3,(H,8,10). The smallest absolute Gasteiger partial charge is 0.320 e. The molecular weight excluding hydrogens is 151 g/mol. The maximum absolute atomic E-state index is 11.3. The van der Waals surface area contributed by atoms with Gasteiger partial charge in [-0.1, -0.05) is 0 Å². The first-order valence-corrected chi connectivity index (χ1v) is 2.37. The summed E-state index contributed by atoms with van der Waals surface area (Å²) in [6, 6.07) is 0. The average molecular weight is 156 g/mol. The number of carbonyl (C=O) groups excluding carboxylic acids is 1. The third-order valence-corrected chi connectivity index (χ3v) is 0.592. The molecule has 0 saturated carbocycles. The molecule has 0 saturated heterocycles. The summed E-state index contributed by atoms with van der Waals surface area (Å²) in [6.07, 6.45) is -6.69. The molecule has 1 unspecified atom stereocenters. The van der Waals surface area contributed by atoms with E-state index < -0.39 is 18.3 Å². The van der Waals surface area contributed by atoms with Gasteiger partial charge in [0.1, 0.15) is 0 Å². The first-order valence-electron chi connectivity index (χ1n) is 2.37. The SMILES string of the molecule is CC([O])NC(=O)C(F)(F)F. The Kier molecular flexibility index (Phi) is 2.65. The molecule has 0 aliphatic heterocycles. The van der Waals surface area contributed by atoms with Crippen LogP contribution in [0.25, 0.3) is 0 Å². The fourth-order valence-electron chi connectivity index (χ4n) is 0.266. The van der Waals surface area contributed by atoms with Crippen molar-refractivity contribution in [3.8, 4) is 0 Å². The van der Waals surface area contributed by atoms with Gasteiger partial charge in [-0.25, -0.2) is 5.11 Å². The lowest BCUT2D eigenvalue weighted by atomic mass is 10.5. The molecule has 1 atom stereocenters. The van der Waals surface area contributed by atoms with E-state index in [1.54, 1.807) is 0 Å². The molecular formula is C4H5F3NO2. The van der Waals surface area contributed by atoms with Gasteiger partial charge in [0.15, 0.2) is 6.23 Å². The van der Waals surface area contributed by atoms with Crippen molar-refractivity contribution < 1.29 is 23.1 Å². The van der Waals surface area contributed by atoms with E-state index in [-0.39, 0.29) is 0 Å². The van der Waals surface area contributed by atoms with E-state index in [1.807, 2.05) is 0 Å². The van der Waals surface area contributed by atoms with Crippen molar-refractivity contribution in [3.63, 3.8) is 0 Å². The number of halogens is 3. The summed E-state index contributed by atoms with van der Waals surface area (Å²) in [6.45, 7) is 0.906. The van der Waals surface area contributed by atoms with Crippen LogP contribution < -0.4 is 5.32 Å². The largest absolute Gasteiger partial charge is 0.471 e. The predicted octanol–water partition coefficient (Wildman–Crippen LogP) is 0.441. The number of hydrogen-bond donors (Lipinski definition) is 1. The minimum atomic E-state index is -4.96. The van der Waals surface area contributed by atoms with Crippen molar-refractivity contribution in [1.29, 1.82) is 0 Å². The molecule has 3 nitrogen and oxygen atoms in total. The quantitative estimate of drug-likeness (QED) is 0.550. The highest BCUT2D eigenvalue weighted by atomic mass is 19.4. The summed E-state index contributed by atoms with van der Waals surface area (Å²) in [5, 5.41) is 11.1. The Balaban J connectivity index is 3.87. The van der Waals surface area contributed by atoms with Crippen LogP contribution in [0.15, 0.2) is 0 Å². The van der Waals surface area contributed by atoms with Crippen LogP contribution in [0.4, 0.5) is 13.2 Å². The van der Waals surface area contributed by atoms with E-state index in [4.69, 9.17) is 0 Å². The van der Waals surface area contributed by atoms with Gasteiger partial charge >= 0.3 is 12.1 Å². The highest BCUT2D eigenvalue weighted by Gasteiger charge is 2.39. The van der Waals surface area contributed by atoms with Crippen LogP contribution in [0, 0.1) is 0 Å². The lowest BCUT2D eigenvalue weighted by molar-refractivity contribution is -0.177. The van der Waals surface area contributed by atoms with Gasteiger partial charge in [-0.05, 0) is 6.92 Å². The van der Waals surface area contributed by atoms with Crippen LogP contribution in [-0.4, -0.2) is 18.3 Å². The Hall–Kier alpha value is -0.780. The van der Waals surface area contributed by atoms with E-state index in [0.29, 0.717) is 0 Å². The van der Waals surface area contributed by atoms with Gasteiger partial charge in [-0.2, -0.15) is 13.2 Å². The van der Waals surface area contributed by atoms with Gasteiger partial charge < -0.3 is 5.32 Å². The molecule has 0 aliphatic rings. The third kappa shape index (κ3) is 3.29. The summed E-state index contributed by atoms with van der Waals surface area (Å²) < 4.78 is 33.8. The van der Waals surface area contributed by atoms with E-state index in [9.17, 15) is 23.1 Å². The van der Waals surface area contributed by atoms with Crippen LogP contribution >= 0.6 is 0 Å². The molecule has 1 radical (unpaired) electrons. The molecule has 0 aliphatic carbocycles. The molecule has 0 aromatic carbocycles. The lowest BCUT2D eigenvalue weighted by Crippen LogP contribution is -2.41. The molecule has 0 aromatic heterocycles. The van der Waals surface area contributed by atoms with E-state index in [1.165, 1.54) is 0 Å². The van der Waals surface area contributed by atoms with Gasteiger partial charge in [0.25, 0.3) is 0 Å². The van der Waals surface area contributed by atoms with Crippen LogP contribution in [0.1, 0.15) is 6.92 Å². The van der Waals surface area contributed by atoms with Crippen LogP contribution in [0.5, 0.6) is 0 Å². The second kappa shape index (κ2) is 2.87. The number of hydrogen-bond acceptors (Lipinski definition) is 1. The zero-order valence-corrected chi connectivity index (χ0v) is 5.03. The minimum absolute atomic E-state index is 0.906. The van der Waals surface area contributed by atoms with Crippen LogP contribution in [0.2, 0.25) is 0 Å². The number of alkyl halides is 3. The predicted molar refractivity (Wildman–Crippen MR) is 24.3 cm³/mol.